The molecule has 2 aliphatic heterocycles. The number of rotatable bonds is 6. The SMILES string of the molecule is O=C(CN1CCN(CC(=O)N2CCC(c3ccccc3)=N2)CC1)Nc1ccccc1Cl. The molecule has 0 aliphatic carbocycles. The first-order valence-electron chi connectivity index (χ1n) is 10.5. The number of benzene rings is 2. The van der Waals surface area contributed by atoms with Gasteiger partial charge in [0.25, 0.3) is 5.91 Å². The molecule has 1 fully saturated rings. The Morgan fingerprint density at radius 1 is 0.871 bits per heavy atom. The van der Waals surface area contributed by atoms with E-state index in [9.17, 15) is 9.59 Å². The highest BCUT2D eigenvalue weighted by Crippen LogP contribution is 2.20. The summed E-state index contributed by atoms with van der Waals surface area (Å²) in [5.74, 6) is -0.0617. The van der Waals surface area contributed by atoms with Crippen LogP contribution in [0.2, 0.25) is 5.02 Å². The monoisotopic (exact) mass is 439 g/mol. The second-order valence-corrected chi connectivity index (χ2v) is 8.17. The van der Waals surface area contributed by atoms with Crippen molar-refractivity contribution in [2.75, 3.05) is 51.1 Å². The predicted molar refractivity (Wildman–Crippen MR) is 122 cm³/mol. The first-order chi connectivity index (χ1) is 15.1. The Hall–Kier alpha value is -2.74. The van der Waals surface area contributed by atoms with Gasteiger partial charge in [0.15, 0.2) is 0 Å². The normalized spacial score (nSPS) is 17.5. The van der Waals surface area contributed by atoms with Gasteiger partial charge in [0.1, 0.15) is 0 Å². The van der Waals surface area contributed by atoms with Crippen LogP contribution in [0.3, 0.4) is 0 Å². The number of hydrogen-bond acceptors (Lipinski definition) is 5. The van der Waals surface area contributed by atoms with E-state index < -0.39 is 0 Å². The number of carbonyl (C=O) groups is 2. The van der Waals surface area contributed by atoms with Crippen molar-refractivity contribution in [2.24, 2.45) is 5.10 Å². The van der Waals surface area contributed by atoms with Gasteiger partial charge in [0.2, 0.25) is 5.91 Å². The molecule has 2 amide bonds. The average molecular weight is 440 g/mol. The van der Waals surface area contributed by atoms with Crippen molar-refractivity contribution in [3.63, 3.8) is 0 Å². The maximum absolute atomic E-state index is 12.7. The number of carbonyl (C=O) groups excluding carboxylic acids is 2. The van der Waals surface area contributed by atoms with Crippen LogP contribution in [0.5, 0.6) is 0 Å². The predicted octanol–water partition coefficient (Wildman–Crippen LogP) is 2.53. The third kappa shape index (κ3) is 5.70. The van der Waals surface area contributed by atoms with E-state index in [1.165, 1.54) is 0 Å². The lowest BCUT2D eigenvalue weighted by molar-refractivity contribution is -0.132. The summed E-state index contributed by atoms with van der Waals surface area (Å²) in [6, 6.07) is 17.2. The maximum Gasteiger partial charge on any atom is 0.256 e. The van der Waals surface area contributed by atoms with Crippen LogP contribution >= 0.6 is 11.6 Å². The van der Waals surface area contributed by atoms with Gasteiger partial charge in [-0.25, -0.2) is 5.01 Å². The molecule has 0 atom stereocenters. The number of piperazine rings is 1. The molecule has 0 bridgehead atoms. The summed E-state index contributed by atoms with van der Waals surface area (Å²) in [4.78, 5) is 29.2. The molecule has 162 valence electrons. The molecule has 2 aromatic rings. The van der Waals surface area contributed by atoms with E-state index in [0.29, 0.717) is 30.3 Å². The summed E-state index contributed by atoms with van der Waals surface area (Å²) in [6.07, 6.45) is 0.782. The van der Waals surface area contributed by atoms with Gasteiger partial charge in [-0.2, -0.15) is 5.10 Å². The van der Waals surface area contributed by atoms with Crippen LogP contribution in [-0.4, -0.2) is 78.1 Å². The molecule has 31 heavy (non-hydrogen) atoms. The van der Waals surface area contributed by atoms with Crippen molar-refractivity contribution < 1.29 is 9.59 Å². The van der Waals surface area contributed by atoms with E-state index in [1.807, 2.05) is 42.5 Å². The van der Waals surface area contributed by atoms with E-state index >= 15 is 0 Å². The van der Waals surface area contributed by atoms with Crippen LogP contribution in [0.4, 0.5) is 5.69 Å². The first kappa shape index (κ1) is 21.5. The molecule has 8 heteroatoms. The first-order valence-corrected chi connectivity index (χ1v) is 10.9. The number of hydrogen-bond donors (Lipinski definition) is 1. The molecular weight excluding hydrogens is 414 g/mol. The fourth-order valence-electron chi connectivity index (χ4n) is 3.80. The van der Waals surface area contributed by atoms with Gasteiger partial charge >= 0.3 is 0 Å². The van der Waals surface area contributed by atoms with Crippen molar-refractivity contribution >= 4 is 34.8 Å². The summed E-state index contributed by atoms with van der Waals surface area (Å²) in [5.41, 5.74) is 2.66. The molecule has 1 saturated heterocycles. The number of para-hydroxylation sites is 1. The van der Waals surface area contributed by atoms with Gasteiger partial charge in [-0.05, 0) is 17.7 Å². The Morgan fingerprint density at radius 2 is 1.52 bits per heavy atom. The van der Waals surface area contributed by atoms with E-state index in [4.69, 9.17) is 11.6 Å². The highest BCUT2D eigenvalue weighted by Gasteiger charge is 2.25. The van der Waals surface area contributed by atoms with E-state index in [1.54, 1.807) is 17.1 Å². The fourth-order valence-corrected chi connectivity index (χ4v) is 3.99. The second-order valence-electron chi connectivity index (χ2n) is 7.76. The minimum absolute atomic E-state index is 0.0239. The van der Waals surface area contributed by atoms with Gasteiger partial charge in [0.05, 0.1) is 36.1 Å². The standard InChI is InChI=1S/C23H26ClN5O2/c24-19-8-4-5-9-21(19)25-22(30)16-27-12-14-28(15-13-27)17-23(31)29-11-10-20(26-29)18-6-2-1-3-7-18/h1-9H,10-17H2,(H,25,30). The summed E-state index contributed by atoms with van der Waals surface area (Å²) in [5, 5.41) is 9.49. The van der Waals surface area contributed by atoms with Crippen molar-refractivity contribution in [3.8, 4) is 0 Å². The van der Waals surface area contributed by atoms with Crippen LogP contribution in [0, 0.1) is 0 Å². The molecule has 2 aliphatic rings. The lowest BCUT2D eigenvalue weighted by Gasteiger charge is -2.34. The smallest absolute Gasteiger partial charge is 0.256 e. The van der Waals surface area contributed by atoms with Crippen molar-refractivity contribution in [2.45, 2.75) is 6.42 Å². The fraction of sp³-hybridized carbons (Fsp3) is 0.348. The number of amides is 2. The average Bonchev–Trinajstić information content (AvgIpc) is 3.28. The largest absolute Gasteiger partial charge is 0.324 e. The van der Waals surface area contributed by atoms with Crippen LogP contribution in [-0.2, 0) is 9.59 Å². The number of anilines is 1. The zero-order chi connectivity index (χ0) is 21.6. The number of hydrazone groups is 1. The minimum Gasteiger partial charge on any atom is -0.324 e. The van der Waals surface area contributed by atoms with Crippen LogP contribution in [0.1, 0.15) is 12.0 Å². The third-order valence-corrected chi connectivity index (χ3v) is 5.87. The Balaban J connectivity index is 1.21. The molecule has 7 nitrogen and oxygen atoms in total. The molecule has 2 heterocycles. The van der Waals surface area contributed by atoms with Crippen molar-refractivity contribution in [3.05, 3.63) is 65.2 Å². The summed E-state index contributed by atoms with van der Waals surface area (Å²) in [7, 11) is 0. The number of nitrogens with one attached hydrogen (secondary N) is 1. The summed E-state index contributed by atoms with van der Waals surface area (Å²) in [6.45, 7) is 4.26. The summed E-state index contributed by atoms with van der Waals surface area (Å²) >= 11 is 6.10. The van der Waals surface area contributed by atoms with E-state index in [-0.39, 0.29) is 11.8 Å². The molecule has 0 saturated carbocycles. The molecule has 1 N–H and O–H groups in total. The van der Waals surface area contributed by atoms with E-state index in [0.717, 1.165) is 43.9 Å². The molecule has 0 aromatic heterocycles. The van der Waals surface area contributed by atoms with Crippen molar-refractivity contribution in [1.29, 1.82) is 0 Å². The lowest BCUT2D eigenvalue weighted by Crippen LogP contribution is -2.50. The topological polar surface area (TPSA) is 68.2 Å². The highest BCUT2D eigenvalue weighted by molar-refractivity contribution is 6.33. The highest BCUT2D eigenvalue weighted by atomic mass is 35.5. The van der Waals surface area contributed by atoms with Crippen LogP contribution < -0.4 is 5.32 Å². The molecule has 4 rings (SSSR count). The zero-order valence-electron chi connectivity index (χ0n) is 17.3. The molecule has 0 radical (unpaired) electrons. The van der Waals surface area contributed by atoms with Gasteiger partial charge in [0, 0.05) is 32.6 Å². The van der Waals surface area contributed by atoms with Crippen LogP contribution in [0.25, 0.3) is 0 Å². The summed E-state index contributed by atoms with van der Waals surface area (Å²) < 4.78 is 0. The Bertz CT molecular complexity index is 957. The van der Waals surface area contributed by atoms with E-state index in [2.05, 4.69) is 20.2 Å². The maximum atomic E-state index is 12.7. The third-order valence-electron chi connectivity index (χ3n) is 5.54. The Labute approximate surface area is 187 Å². The van der Waals surface area contributed by atoms with Gasteiger partial charge < -0.3 is 5.32 Å². The quantitative estimate of drug-likeness (QED) is 0.751. The molecule has 0 unspecified atom stereocenters. The number of nitrogens with zero attached hydrogens (tertiary/aromatic N) is 4. The Kier molecular flexibility index (Phi) is 6.96. The van der Waals surface area contributed by atoms with Crippen molar-refractivity contribution in [1.82, 2.24) is 14.8 Å². The van der Waals surface area contributed by atoms with Gasteiger partial charge in [-0.15, -0.1) is 0 Å². The Morgan fingerprint density at radius 3 is 2.23 bits per heavy atom. The minimum atomic E-state index is -0.0857. The molecular formula is C23H26ClN5O2. The van der Waals surface area contributed by atoms with Gasteiger partial charge in [-0.3, -0.25) is 19.4 Å². The number of halogens is 1. The molecule has 2 aromatic carbocycles. The molecule has 0 spiro atoms. The van der Waals surface area contributed by atoms with Crippen LogP contribution in [0.15, 0.2) is 59.7 Å². The zero-order valence-corrected chi connectivity index (χ0v) is 18.1. The van der Waals surface area contributed by atoms with Gasteiger partial charge in [-0.1, -0.05) is 54.1 Å². The lowest BCUT2D eigenvalue weighted by atomic mass is 10.1. The second kappa shape index (κ2) is 10.0.